The maximum atomic E-state index is 11.7. The zero-order chi connectivity index (χ0) is 16.2. The fourth-order valence-corrected chi connectivity index (χ4v) is 2.23. The van der Waals surface area contributed by atoms with Crippen molar-refractivity contribution in [3.8, 4) is 0 Å². The quantitative estimate of drug-likeness (QED) is 0.588. The summed E-state index contributed by atoms with van der Waals surface area (Å²) in [5.74, 6) is -0.136. The van der Waals surface area contributed by atoms with Crippen LogP contribution in [0.25, 0.3) is 0 Å². The van der Waals surface area contributed by atoms with Crippen molar-refractivity contribution in [3.63, 3.8) is 0 Å². The van der Waals surface area contributed by atoms with Gasteiger partial charge in [-0.15, -0.1) is 0 Å². The second kappa shape index (κ2) is 11.2. The summed E-state index contributed by atoms with van der Waals surface area (Å²) in [6.45, 7) is 9.78. The van der Waals surface area contributed by atoms with E-state index >= 15 is 0 Å². The van der Waals surface area contributed by atoms with E-state index in [4.69, 9.17) is 9.47 Å². The summed E-state index contributed by atoms with van der Waals surface area (Å²) in [5, 5.41) is 0. The first-order chi connectivity index (χ1) is 10.7. The molecule has 124 valence electrons. The second-order valence-electron chi connectivity index (χ2n) is 5.35. The fraction of sp³-hybridized carbons (Fsp3) is 0.611. The standard InChI is InChI=1S/C18H29NO3/c1-4-10-18(20)22-17(13-19(5-2)6-3)15-21-14-16-11-8-7-9-12-16/h7-9,11-12,17H,4-6,10,13-15H2,1-3H3/t17-/m1/s1. The van der Waals surface area contributed by atoms with E-state index < -0.39 is 0 Å². The van der Waals surface area contributed by atoms with E-state index in [-0.39, 0.29) is 12.1 Å². The van der Waals surface area contributed by atoms with Crippen molar-refractivity contribution in [1.29, 1.82) is 0 Å². The van der Waals surface area contributed by atoms with Crippen LogP contribution in [-0.4, -0.2) is 43.2 Å². The van der Waals surface area contributed by atoms with Gasteiger partial charge in [-0.1, -0.05) is 51.1 Å². The minimum absolute atomic E-state index is 0.136. The predicted molar refractivity (Wildman–Crippen MR) is 88.7 cm³/mol. The molecule has 0 radical (unpaired) electrons. The van der Waals surface area contributed by atoms with Gasteiger partial charge in [0.25, 0.3) is 0 Å². The van der Waals surface area contributed by atoms with Crippen molar-refractivity contribution >= 4 is 5.97 Å². The molecule has 0 saturated heterocycles. The zero-order valence-corrected chi connectivity index (χ0v) is 14.1. The molecule has 0 saturated carbocycles. The van der Waals surface area contributed by atoms with Crippen LogP contribution in [0.2, 0.25) is 0 Å². The molecule has 0 aromatic heterocycles. The van der Waals surface area contributed by atoms with Gasteiger partial charge in [-0.25, -0.2) is 0 Å². The second-order valence-corrected chi connectivity index (χ2v) is 5.35. The number of esters is 1. The molecule has 0 unspecified atom stereocenters. The lowest BCUT2D eigenvalue weighted by Gasteiger charge is -2.25. The van der Waals surface area contributed by atoms with Crippen molar-refractivity contribution in [2.24, 2.45) is 0 Å². The van der Waals surface area contributed by atoms with E-state index in [1.54, 1.807) is 0 Å². The van der Waals surface area contributed by atoms with Gasteiger partial charge in [-0.05, 0) is 25.1 Å². The van der Waals surface area contributed by atoms with Crippen LogP contribution < -0.4 is 0 Å². The van der Waals surface area contributed by atoms with Crippen molar-refractivity contribution in [1.82, 2.24) is 4.90 Å². The van der Waals surface area contributed by atoms with Crippen LogP contribution in [0.3, 0.4) is 0 Å². The Kier molecular flexibility index (Phi) is 9.51. The molecule has 1 atom stereocenters. The number of likely N-dealkylation sites (N-methyl/N-ethyl adjacent to an activating group) is 1. The monoisotopic (exact) mass is 307 g/mol. The number of rotatable bonds is 11. The van der Waals surface area contributed by atoms with Crippen LogP contribution in [0.1, 0.15) is 39.2 Å². The molecule has 1 aromatic carbocycles. The number of ether oxygens (including phenoxy) is 2. The first-order valence-corrected chi connectivity index (χ1v) is 8.23. The molecule has 0 aliphatic carbocycles. The SMILES string of the molecule is CCCC(=O)O[C@@H](COCc1ccccc1)CN(CC)CC. The Bertz CT molecular complexity index is 404. The molecule has 0 fully saturated rings. The fourth-order valence-electron chi connectivity index (χ4n) is 2.23. The molecule has 22 heavy (non-hydrogen) atoms. The van der Waals surface area contributed by atoms with Crippen molar-refractivity contribution < 1.29 is 14.3 Å². The van der Waals surface area contributed by atoms with Crippen molar-refractivity contribution in [2.75, 3.05) is 26.2 Å². The maximum absolute atomic E-state index is 11.7. The summed E-state index contributed by atoms with van der Waals surface area (Å²) in [7, 11) is 0. The molecule has 1 aromatic rings. The first-order valence-electron chi connectivity index (χ1n) is 8.23. The third kappa shape index (κ3) is 7.57. The van der Waals surface area contributed by atoms with Gasteiger partial charge >= 0.3 is 5.97 Å². The highest BCUT2D eigenvalue weighted by molar-refractivity contribution is 5.69. The van der Waals surface area contributed by atoms with Gasteiger partial charge < -0.3 is 14.4 Å². The number of hydrogen-bond acceptors (Lipinski definition) is 4. The van der Waals surface area contributed by atoms with Crippen molar-refractivity contribution in [2.45, 2.75) is 46.3 Å². The molecule has 0 bridgehead atoms. The highest BCUT2D eigenvalue weighted by atomic mass is 16.6. The summed E-state index contributed by atoms with van der Waals surface area (Å²) >= 11 is 0. The third-order valence-electron chi connectivity index (χ3n) is 3.52. The Hall–Kier alpha value is -1.39. The van der Waals surface area contributed by atoms with E-state index in [1.165, 1.54) is 0 Å². The van der Waals surface area contributed by atoms with Crippen LogP contribution >= 0.6 is 0 Å². The van der Waals surface area contributed by atoms with Crippen LogP contribution in [0.5, 0.6) is 0 Å². The number of hydrogen-bond donors (Lipinski definition) is 0. The summed E-state index contributed by atoms with van der Waals surface area (Å²) in [6.07, 6.45) is 1.07. The minimum Gasteiger partial charge on any atom is -0.459 e. The number of carbonyl (C=O) groups is 1. The average molecular weight is 307 g/mol. The van der Waals surface area contributed by atoms with Gasteiger partial charge in [0.1, 0.15) is 6.10 Å². The average Bonchev–Trinajstić information content (AvgIpc) is 2.53. The third-order valence-corrected chi connectivity index (χ3v) is 3.52. The molecular formula is C18H29NO3. The van der Waals surface area contributed by atoms with E-state index in [0.717, 1.165) is 31.6 Å². The molecule has 0 heterocycles. The molecule has 0 aliphatic rings. The zero-order valence-electron chi connectivity index (χ0n) is 14.1. The van der Waals surface area contributed by atoms with Gasteiger partial charge in [-0.2, -0.15) is 0 Å². The van der Waals surface area contributed by atoms with Crippen LogP contribution in [-0.2, 0) is 20.9 Å². The predicted octanol–water partition coefficient (Wildman–Crippen LogP) is 3.26. The molecule has 1 rings (SSSR count). The summed E-state index contributed by atoms with van der Waals surface area (Å²) < 4.78 is 11.3. The van der Waals surface area contributed by atoms with Crippen LogP contribution in [0, 0.1) is 0 Å². The smallest absolute Gasteiger partial charge is 0.306 e. The highest BCUT2D eigenvalue weighted by Crippen LogP contribution is 2.06. The van der Waals surface area contributed by atoms with E-state index in [2.05, 4.69) is 18.7 Å². The number of nitrogens with zero attached hydrogens (tertiary/aromatic N) is 1. The van der Waals surface area contributed by atoms with E-state index in [9.17, 15) is 4.79 Å². The first kappa shape index (κ1) is 18.7. The van der Waals surface area contributed by atoms with Gasteiger partial charge in [0.15, 0.2) is 0 Å². The lowest BCUT2D eigenvalue weighted by Crippen LogP contribution is -2.37. The summed E-state index contributed by atoms with van der Waals surface area (Å²) in [5.41, 5.74) is 1.13. The van der Waals surface area contributed by atoms with Gasteiger partial charge in [0, 0.05) is 13.0 Å². The topological polar surface area (TPSA) is 38.8 Å². The Labute approximate surface area is 134 Å². The molecule has 0 amide bonds. The van der Waals surface area contributed by atoms with Crippen molar-refractivity contribution in [3.05, 3.63) is 35.9 Å². The Morgan fingerprint density at radius 2 is 1.82 bits per heavy atom. The Balaban J connectivity index is 2.47. The molecule has 4 heteroatoms. The number of carbonyl (C=O) groups excluding carboxylic acids is 1. The Morgan fingerprint density at radius 1 is 1.14 bits per heavy atom. The normalized spacial score (nSPS) is 12.4. The molecule has 0 N–H and O–H groups in total. The van der Waals surface area contributed by atoms with E-state index in [1.807, 2.05) is 37.3 Å². The van der Waals surface area contributed by atoms with E-state index in [0.29, 0.717) is 19.6 Å². The largest absolute Gasteiger partial charge is 0.459 e. The summed E-state index contributed by atoms with van der Waals surface area (Å²) in [6, 6.07) is 10.0. The lowest BCUT2D eigenvalue weighted by molar-refractivity contribution is -0.153. The molecular weight excluding hydrogens is 278 g/mol. The van der Waals surface area contributed by atoms with Gasteiger partial charge in [0.05, 0.1) is 13.2 Å². The minimum atomic E-state index is -0.206. The highest BCUT2D eigenvalue weighted by Gasteiger charge is 2.17. The van der Waals surface area contributed by atoms with Gasteiger partial charge in [0.2, 0.25) is 0 Å². The van der Waals surface area contributed by atoms with Gasteiger partial charge in [-0.3, -0.25) is 4.79 Å². The molecule has 4 nitrogen and oxygen atoms in total. The van der Waals surface area contributed by atoms with Crippen LogP contribution in [0.4, 0.5) is 0 Å². The number of benzene rings is 1. The Morgan fingerprint density at radius 3 is 2.41 bits per heavy atom. The molecule has 0 spiro atoms. The maximum Gasteiger partial charge on any atom is 0.306 e. The lowest BCUT2D eigenvalue weighted by atomic mass is 10.2. The molecule has 0 aliphatic heterocycles. The summed E-state index contributed by atoms with van der Waals surface area (Å²) in [4.78, 5) is 14.0. The van der Waals surface area contributed by atoms with Crippen LogP contribution in [0.15, 0.2) is 30.3 Å².